The van der Waals surface area contributed by atoms with Gasteiger partial charge in [0.2, 0.25) is 5.91 Å². The van der Waals surface area contributed by atoms with E-state index in [0.717, 1.165) is 25.9 Å². The third-order valence-corrected chi connectivity index (χ3v) is 4.65. The molecule has 1 aliphatic rings. The van der Waals surface area contributed by atoms with Crippen molar-refractivity contribution in [3.8, 4) is 6.07 Å². The highest BCUT2D eigenvalue weighted by molar-refractivity contribution is 8.00. The first-order valence-corrected chi connectivity index (χ1v) is 6.73. The fourth-order valence-electron chi connectivity index (χ4n) is 2.01. The van der Waals surface area contributed by atoms with Crippen molar-refractivity contribution in [3.63, 3.8) is 0 Å². The summed E-state index contributed by atoms with van der Waals surface area (Å²) in [6, 6.07) is 2.31. The van der Waals surface area contributed by atoms with Crippen LogP contribution in [-0.2, 0) is 4.79 Å². The van der Waals surface area contributed by atoms with Gasteiger partial charge in [0, 0.05) is 20.1 Å². The minimum atomic E-state index is -0.237. The number of rotatable bonds is 3. The van der Waals surface area contributed by atoms with Crippen molar-refractivity contribution in [1.29, 1.82) is 5.26 Å². The number of carbonyl (C=O) groups is 1. The molecule has 0 radical (unpaired) electrons. The van der Waals surface area contributed by atoms with Crippen LogP contribution in [0.25, 0.3) is 0 Å². The molecule has 90 valence electrons. The number of likely N-dealkylation sites (N-methyl/N-ethyl adjacent to an activating group) is 1. The van der Waals surface area contributed by atoms with Gasteiger partial charge in [-0.15, -0.1) is 11.8 Å². The van der Waals surface area contributed by atoms with E-state index in [1.807, 2.05) is 13.2 Å². The molecular weight excluding hydrogens is 222 g/mol. The molecule has 0 spiro atoms. The highest BCUT2D eigenvalue weighted by Crippen LogP contribution is 2.34. The minimum absolute atomic E-state index is 0.0496. The maximum Gasteiger partial charge on any atom is 0.236 e. The zero-order chi connectivity index (χ0) is 12.2. The van der Waals surface area contributed by atoms with Gasteiger partial charge >= 0.3 is 0 Å². The molecule has 1 rings (SSSR count). The van der Waals surface area contributed by atoms with Crippen molar-refractivity contribution in [3.05, 3.63) is 0 Å². The van der Waals surface area contributed by atoms with Crippen LogP contribution in [0.3, 0.4) is 0 Å². The molecule has 1 aliphatic heterocycles. The average molecular weight is 241 g/mol. The summed E-state index contributed by atoms with van der Waals surface area (Å²) >= 11 is 1.63. The zero-order valence-electron chi connectivity index (χ0n) is 10.1. The topological polar surface area (TPSA) is 56.1 Å². The summed E-state index contributed by atoms with van der Waals surface area (Å²) in [6.07, 6.45) is 3.67. The SMILES string of the molecule is CNC(=O)C(C)N1CCC(C#N)(SC)CC1. The van der Waals surface area contributed by atoms with E-state index in [4.69, 9.17) is 5.26 Å². The number of piperidine rings is 1. The molecule has 1 atom stereocenters. The third kappa shape index (κ3) is 2.69. The lowest BCUT2D eigenvalue weighted by atomic mass is 9.96. The molecule has 4 nitrogen and oxygen atoms in total. The van der Waals surface area contributed by atoms with E-state index in [9.17, 15) is 4.79 Å². The lowest BCUT2D eigenvalue weighted by molar-refractivity contribution is -0.125. The number of likely N-dealkylation sites (tertiary alicyclic amines) is 1. The van der Waals surface area contributed by atoms with Crippen LogP contribution in [0.15, 0.2) is 0 Å². The average Bonchev–Trinajstić information content (AvgIpc) is 2.37. The molecule has 0 aromatic heterocycles. The van der Waals surface area contributed by atoms with Gasteiger partial charge in [-0.1, -0.05) is 0 Å². The van der Waals surface area contributed by atoms with Crippen LogP contribution in [0.4, 0.5) is 0 Å². The number of thioether (sulfide) groups is 1. The lowest BCUT2D eigenvalue weighted by Crippen LogP contribution is -2.50. The summed E-state index contributed by atoms with van der Waals surface area (Å²) in [5.41, 5.74) is 0. The molecule has 1 unspecified atom stereocenters. The van der Waals surface area contributed by atoms with Gasteiger partial charge in [0.1, 0.15) is 4.75 Å². The standard InChI is InChI=1S/C11H19N3OS/c1-9(10(15)13-2)14-6-4-11(8-12,16-3)5-7-14/h9H,4-7H2,1-3H3,(H,13,15). The van der Waals surface area contributed by atoms with E-state index in [0.29, 0.717) is 0 Å². The Bertz CT molecular complexity index is 292. The summed E-state index contributed by atoms with van der Waals surface area (Å²) < 4.78 is -0.237. The number of hydrogen-bond acceptors (Lipinski definition) is 4. The molecule has 1 N–H and O–H groups in total. The lowest BCUT2D eigenvalue weighted by Gasteiger charge is -2.38. The second kappa shape index (κ2) is 5.55. The summed E-state index contributed by atoms with van der Waals surface area (Å²) in [5.74, 6) is 0.0496. The van der Waals surface area contributed by atoms with Crippen LogP contribution < -0.4 is 5.32 Å². The van der Waals surface area contributed by atoms with Gasteiger partial charge in [-0.25, -0.2) is 0 Å². The number of nitriles is 1. The van der Waals surface area contributed by atoms with Crippen molar-refractivity contribution >= 4 is 17.7 Å². The van der Waals surface area contributed by atoms with Gasteiger partial charge < -0.3 is 5.32 Å². The van der Waals surface area contributed by atoms with Gasteiger partial charge in [-0.3, -0.25) is 9.69 Å². The van der Waals surface area contributed by atoms with Crippen LogP contribution in [-0.4, -0.2) is 48.0 Å². The first-order chi connectivity index (χ1) is 7.58. The molecule has 0 aromatic carbocycles. The van der Waals surface area contributed by atoms with Gasteiger partial charge in [0.15, 0.2) is 0 Å². The normalized spacial score (nSPS) is 22.1. The Morgan fingerprint density at radius 1 is 1.56 bits per heavy atom. The summed E-state index contributed by atoms with van der Waals surface area (Å²) in [6.45, 7) is 3.56. The predicted octanol–water partition coefficient (Wildman–Crippen LogP) is 0.842. The van der Waals surface area contributed by atoms with Crippen LogP contribution in [0, 0.1) is 11.3 Å². The molecule has 1 amide bonds. The Morgan fingerprint density at radius 3 is 2.50 bits per heavy atom. The Hall–Kier alpha value is -0.730. The highest BCUT2D eigenvalue weighted by Gasteiger charge is 2.36. The first-order valence-electron chi connectivity index (χ1n) is 5.50. The van der Waals surface area contributed by atoms with Crippen LogP contribution in [0.5, 0.6) is 0 Å². The maximum absolute atomic E-state index is 11.5. The van der Waals surface area contributed by atoms with E-state index >= 15 is 0 Å². The summed E-state index contributed by atoms with van der Waals surface area (Å²) in [7, 11) is 1.66. The zero-order valence-corrected chi connectivity index (χ0v) is 10.9. The van der Waals surface area contributed by atoms with Crippen molar-refractivity contribution in [2.75, 3.05) is 26.4 Å². The quantitative estimate of drug-likeness (QED) is 0.795. The molecule has 0 aliphatic carbocycles. The van der Waals surface area contributed by atoms with E-state index < -0.39 is 0 Å². The second-order valence-corrected chi connectivity index (χ2v) is 5.33. The third-order valence-electron chi connectivity index (χ3n) is 3.37. The Labute approximate surface area is 101 Å². The van der Waals surface area contributed by atoms with E-state index in [1.165, 1.54) is 0 Å². The molecule has 0 saturated carbocycles. The number of amides is 1. The van der Waals surface area contributed by atoms with Crippen molar-refractivity contribution in [2.45, 2.75) is 30.6 Å². The summed E-state index contributed by atoms with van der Waals surface area (Å²) in [4.78, 5) is 13.6. The monoisotopic (exact) mass is 241 g/mol. The highest BCUT2D eigenvalue weighted by atomic mass is 32.2. The van der Waals surface area contributed by atoms with E-state index in [1.54, 1.807) is 18.8 Å². The minimum Gasteiger partial charge on any atom is -0.358 e. The fraction of sp³-hybridized carbons (Fsp3) is 0.818. The van der Waals surface area contributed by atoms with E-state index in [2.05, 4.69) is 16.3 Å². The molecule has 1 heterocycles. The van der Waals surface area contributed by atoms with E-state index in [-0.39, 0.29) is 16.7 Å². The Kier molecular flexibility index (Phi) is 4.63. The Balaban J connectivity index is 2.55. The Morgan fingerprint density at radius 2 is 2.12 bits per heavy atom. The van der Waals surface area contributed by atoms with Gasteiger partial charge in [0.05, 0.1) is 12.1 Å². The second-order valence-electron chi connectivity index (χ2n) is 4.14. The van der Waals surface area contributed by atoms with Gasteiger partial charge in [-0.2, -0.15) is 5.26 Å². The number of nitrogens with zero attached hydrogens (tertiary/aromatic N) is 2. The number of nitrogens with one attached hydrogen (secondary N) is 1. The van der Waals surface area contributed by atoms with Crippen molar-refractivity contribution < 1.29 is 4.79 Å². The van der Waals surface area contributed by atoms with Crippen molar-refractivity contribution in [1.82, 2.24) is 10.2 Å². The van der Waals surface area contributed by atoms with Crippen molar-refractivity contribution in [2.24, 2.45) is 0 Å². The van der Waals surface area contributed by atoms with Crippen LogP contribution in [0.1, 0.15) is 19.8 Å². The maximum atomic E-state index is 11.5. The fourth-order valence-corrected chi connectivity index (χ4v) is 2.69. The summed E-state index contributed by atoms with van der Waals surface area (Å²) in [5, 5.41) is 11.8. The molecule has 16 heavy (non-hydrogen) atoms. The molecular formula is C11H19N3OS. The molecule has 0 aromatic rings. The number of carbonyl (C=O) groups excluding carboxylic acids is 1. The van der Waals surface area contributed by atoms with Crippen LogP contribution in [0.2, 0.25) is 0 Å². The molecule has 5 heteroatoms. The molecule has 1 fully saturated rings. The smallest absolute Gasteiger partial charge is 0.236 e. The van der Waals surface area contributed by atoms with Gasteiger partial charge in [-0.05, 0) is 26.0 Å². The molecule has 0 bridgehead atoms. The van der Waals surface area contributed by atoms with Gasteiger partial charge in [0.25, 0.3) is 0 Å². The van der Waals surface area contributed by atoms with Crippen LogP contribution >= 0.6 is 11.8 Å². The number of hydrogen-bond donors (Lipinski definition) is 1. The first kappa shape index (κ1) is 13.3. The molecule has 1 saturated heterocycles. The largest absolute Gasteiger partial charge is 0.358 e. The predicted molar refractivity (Wildman–Crippen MR) is 66.2 cm³/mol.